The number of carbonyl (C=O) groups is 1. The van der Waals surface area contributed by atoms with Crippen LogP contribution >= 0.6 is 34.4 Å². The van der Waals surface area contributed by atoms with E-state index in [4.69, 9.17) is 0 Å². The van der Waals surface area contributed by atoms with E-state index in [0.717, 1.165) is 17.7 Å². The van der Waals surface area contributed by atoms with Gasteiger partial charge in [-0.15, -0.1) is 22.7 Å². The molecule has 30 heavy (non-hydrogen) atoms. The Labute approximate surface area is 186 Å². The molecule has 0 saturated heterocycles. The molecule has 0 fully saturated rings. The molecule has 0 aliphatic heterocycles. The molecule has 9 heteroatoms. The van der Waals surface area contributed by atoms with Gasteiger partial charge in [0, 0.05) is 18.0 Å². The third kappa shape index (κ3) is 4.19. The highest BCUT2D eigenvalue weighted by atomic mass is 32.2. The van der Waals surface area contributed by atoms with E-state index in [1.807, 2.05) is 22.9 Å². The molecule has 1 amide bonds. The van der Waals surface area contributed by atoms with Crippen molar-refractivity contribution in [3.05, 3.63) is 57.0 Å². The fourth-order valence-electron chi connectivity index (χ4n) is 2.88. The number of thioether (sulfide) groups is 1. The number of aromatic nitrogens is 3. The van der Waals surface area contributed by atoms with E-state index >= 15 is 0 Å². The number of thiazole rings is 1. The van der Waals surface area contributed by atoms with Crippen molar-refractivity contribution in [1.82, 2.24) is 14.5 Å². The highest BCUT2D eigenvalue weighted by Crippen LogP contribution is 2.28. The molecule has 0 aliphatic carbocycles. The lowest BCUT2D eigenvalue weighted by Gasteiger charge is -2.12. The number of carbonyl (C=O) groups excluding carboxylic acids is 1. The number of nitrogens with one attached hydrogen (secondary N) is 1. The van der Waals surface area contributed by atoms with Gasteiger partial charge in [0.25, 0.3) is 5.56 Å². The highest BCUT2D eigenvalue weighted by molar-refractivity contribution is 8.00. The minimum atomic E-state index is -0.434. The Hall–Kier alpha value is -2.49. The standard InChI is InChI=1S/C21H20N4O2S3/c1-4-13-5-7-14(8-6-13)16-11-29-20(22-16)23-17(26)12(2)30-21-24-18-15(9-10-28-18)19(27)25(21)3/h5-12H,4H2,1-3H3,(H,22,23,26). The Balaban J connectivity index is 1.46. The number of aryl methyl sites for hydroxylation is 1. The average molecular weight is 457 g/mol. The van der Waals surface area contributed by atoms with Crippen molar-refractivity contribution >= 4 is 55.7 Å². The van der Waals surface area contributed by atoms with Crippen molar-refractivity contribution in [1.29, 1.82) is 0 Å². The van der Waals surface area contributed by atoms with Crippen LogP contribution in [-0.2, 0) is 18.3 Å². The SMILES string of the molecule is CCc1ccc(-c2csc(NC(=O)C(C)Sc3nc4sccc4c(=O)n3C)n2)cc1. The molecule has 1 aromatic carbocycles. The maximum absolute atomic E-state index is 12.7. The van der Waals surface area contributed by atoms with Crippen LogP contribution in [0.4, 0.5) is 5.13 Å². The van der Waals surface area contributed by atoms with Crippen molar-refractivity contribution in [3.8, 4) is 11.3 Å². The number of thiophene rings is 1. The number of anilines is 1. The number of benzene rings is 1. The van der Waals surface area contributed by atoms with E-state index < -0.39 is 5.25 Å². The van der Waals surface area contributed by atoms with Crippen LogP contribution in [0, 0.1) is 0 Å². The van der Waals surface area contributed by atoms with E-state index in [1.54, 1.807) is 20.0 Å². The highest BCUT2D eigenvalue weighted by Gasteiger charge is 2.20. The topological polar surface area (TPSA) is 76.9 Å². The number of hydrogen-bond donors (Lipinski definition) is 1. The number of nitrogens with zero attached hydrogens (tertiary/aromatic N) is 3. The van der Waals surface area contributed by atoms with E-state index in [0.29, 0.717) is 20.5 Å². The maximum atomic E-state index is 12.7. The first-order valence-electron chi connectivity index (χ1n) is 9.43. The van der Waals surface area contributed by atoms with E-state index in [9.17, 15) is 9.59 Å². The molecule has 4 rings (SSSR count). The fourth-order valence-corrected chi connectivity index (χ4v) is 5.28. The zero-order valence-electron chi connectivity index (χ0n) is 16.7. The Kier molecular flexibility index (Phi) is 6.03. The van der Waals surface area contributed by atoms with Crippen molar-refractivity contribution in [2.45, 2.75) is 30.7 Å². The molecule has 0 aliphatic rings. The molecular formula is C21H20N4O2S3. The normalized spacial score (nSPS) is 12.2. The van der Waals surface area contributed by atoms with Gasteiger partial charge in [0.1, 0.15) is 4.83 Å². The average Bonchev–Trinajstić information content (AvgIpc) is 3.41. The first-order valence-corrected chi connectivity index (χ1v) is 12.1. The molecule has 0 spiro atoms. The molecule has 0 bridgehead atoms. The third-order valence-electron chi connectivity index (χ3n) is 4.71. The van der Waals surface area contributed by atoms with Crippen LogP contribution < -0.4 is 10.9 Å². The summed E-state index contributed by atoms with van der Waals surface area (Å²) < 4.78 is 1.49. The van der Waals surface area contributed by atoms with Gasteiger partial charge >= 0.3 is 0 Å². The summed E-state index contributed by atoms with van der Waals surface area (Å²) in [5, 5.41) is 7.90. The van der Waals surface area contributed by atoms with Gasteiger partial charge in [-0.25, -0.2) is 9.97 Å². The molecule has 1 N–H and O–H groups in total. The van der Waals surface area contributed by atoms with Gasteiger partial charge in [-0.3, -0.25) is 14.2 Å². The number of hydrogen-bond acceptors (Lipinski definition) is 7. The molecule has 3 heterocycles. The minimum Gasteiger partial charge on any atom is -0.301 e. The van der Waals surface area contributed by atoms with Gasteiger partial charge in [-0.05, 0) is 30.4 Å². The molecule has 4 aromatic rings. The largest absolute Gasteiger partial charge is 0.301 e. The monoisotopic (exact) mass is 456 g/mol. The summed E-state index contributed by atoms with van der Waals surface area (Å²) in [7, 11) is 1.68. The van der Waals surface area contributed by atoms with Crippen molar-refractivity contribution < 1.29 is 4.79 Å². The van der Waals surface area contributed by atoms with Crippen LogP contribution in [0.2, 0.25) is 0 Å². The van der Waals surface area contributed by atoms with E-state index in [-0.39, 0.29) is 11.5 Å². The van der Waals surface area contributed by atoms with Gasteiger partial charge in [-0.1, -0.05) is 43.0 Å². The summed E-state index contributed by atoms with van der Waals surface area (Å²) in [6.45, 7) is 3.92. The maximum Gasteiger partial charge on any atom is 0.262 e. The zero-order chi connectivity index (χ0) is 21.3. The lowest BCUT2D eigenvalue weighted by Crippen LogP contribution is -2.25. The molecule has 3 aromatic heterocycles. The molecule has 154 valence electrons. The van der Waals surface area contributed by atoms with Gasteiger partial charge in [0.2, 0.25) is 5.91 Å². The molecule has 0 radical (unpaired) electrons. The van der Waals surface area contributed by atoms with E-state index in [2.05, 4.69) is 34.3 Å². The Bertz CT molecular complexity index is 1260. The zero-order valence-corrected chi connectivity index (χ0v) is 19.2. The van der Waals surface area contributed by atoms with Crippen LogP contribution in [0.25, 0.3) is 21.5 Å². The summed E-state index contributed by atoms with van der Waals surface area (Å²) in [4.78, 5) is 34.9. The summed E-state index contributed by atoms with van der Waals surface area (Å²) in [6.07, 6.45) is 0.994. The van der Waals surface area contributed by atoms with E-state index in [1.165, 1.54) is 44.6 Å². The summed E-state index contributed by atoms with van der Waals surface area (Å²) in [6, 6.07) is 10.0. The smallest absolute Gasteiger partial charge is 0.262 e. The predicted molar refractivity (Wildman–Crippen MR) is 126 cm³/mol. The molecule has 1 atom stereocenters. The third-order valence-corrected chi connectivity index (χ3v) is 7.42. The summed E-state index contributed by atoms with van der Waals surface area (Å²) in [5.74, 6) is -0.178. The van der Waals surface area contributed by atoms with Crippen LogP contribution in [0.5, 0.6) is 0 Å². The van der Waals surface area contributed by atoms with Gasteiger partial charge in [0.05, 0.1) is 16.3 Å². The Morgan fingerprint density at radius 3 is 2.70 bits per heavy atom. The van der Waals surface area contributed by atoms with Crippen molar-refractivity contribution in [2.75, 3.05) is 5.32 Å². The lowest BCUT2D eigenvalue weighted by molar-refractivity contribution is -0.115. The minimum absolute atomic E-state index is 0.102. The second-order valence-corrected chi connectivity index (χ2v) is 9.80. The van der Waals surface area contributed by atoms with Crippen LogP contribution in [0.1, 0.15) is 19.4 Å². The van der Waals surface area contributed by atoms with Crippen LogP contribution in [0.15, 0.2) is 51.0 Å². The first kappa shape index (κ1) is 20.8. The quantitative estimate of drug-likeness (QED) is 0.333. The molecule has 1 unspecified atom stereocenters. The van der Waals surface area contributed by atoms with Crippen LogP contribution in [0.3, 0.4) is 0 Å². The Morgan fingerprint density at radius 2 is 1.97 bits per heavy atom. The first-order chi connectivity index (χ1) is 14.5. The van der Waals surface area contributed by atoms with Crippen molar-refractivity contribution in [2.24, 2.45) is 7.05 Å². The Morgan fingerprint density at radius 1 is 1.20 bits per heavy atom. The number of fused-ring (bicyclic) bond motifs is 1. The molecule has 6 nitrogen and oxygen atoms in total. The molecular weight excluding hydrogens is 436 g/mol. The fraction of sp³-hybridized carbons (Fsp3) is 0.238. The summed E-state index contributed by atoms with van der Waals surface area (Å²) in [5.41, 5.74) is 3.03. The summed E-state index contributed by atoms with van der Waals surface area (Å²) >= 11 is 4.07. The predicted octanol–water partition coefficient (Wildman–Crippen LogP) is 4.80. The van der Waals surface area contributed by atoms with Gasteiger partial charge in [0.15, 0.2) is 10.3 Å². The van der Waals surface area contributed by atoms with Gasteiger partial charge < -0.3 is 5.32 Å². The lowest BCUT2D eigenvalue weighted by atomic mass is 10.1. The van der Waals surface area contributed by atoms with Crippen molar-refractivity contribution in [3.63, 3.8) is 0 Å². The number of rotatable bonds is 6. The second-order valence-electron chi connectivity index (χ2n) is 6.74. The molecule has 0 saturated carbocycles. The number of amides is 1. The van der Waals surface area contributed by atoms with Crippen LogP contribution in [-0.4, -0.2) is 25.7 Å². The van der Waals surface area contributed by atoms with Gasteiger partial charge in [-0.2, -0.15) is 0 Å². The second kappa shape index (κ2) is 8.71.